The minimum absolute atomic E-state index is 0.182. The topological polar surface area (TPSA) is 89.7 Å². The fraction of sp³-hybridized carbons (Fsp3) is 0.321. The van der Waals surface area contributed by atoms with Crippen molar-refractivity contribution in [2.24, 2.45) is 0 Å². The molecule has 1 aliphatic rings. The van der Waals surface area contributed by atoms with E-state index in [1.165, 1.54) is 7.11 Å². The third-order valence-electron chi connectivity index (χ3n) is 6.61. The standard InChI is InChI=1S/C28H30N4O4/c1-34-22-12-10-19(11-13-22)24-25-27(31-21-9-6-15-32(17-21)16-14-23(33)35-2)29-18-30-28(25)36-26(24)20-7-4-3-5-8-20/h3-5,7-8,10-13,18,21H,6,9,14-17H2,1-2H3,(H,29,30,31). The Kier molecular flexibility index (Phi) is 7.13. The zero-order valence-corrected chi connectivity index (χ0v) is 20.6. The number of aromatic nitrogens is 2. The van der Waals surface area contributed by atoms with Crippen molar-refractivity contribution in [2.75, 3.05) is 39.2 Å². The van der Waals surface area contributed by atoms with Crippen molar-refractivity contribution in [3.8, 4) is 28.2 Å². The van der Waals surface area contributed by atoms with Crippen molar-refractivity contribution in [3.63, 3.8) is 0 Å². The van der Waals surface area contributed by atoms with Gasteiger partial charge in [-0.1, -0.05) is 42.5 Å². The second kappa shape index (κ2) is 10.8. The Bertz CT molecular complexity index is 1320. The minimum Gasteiger partial charge on any atom is -0.497 e. The van der Waals surface area contributed by atoms with E-state index in [9.17, 15) is 4.79 Å². The molecule has 1 unspecified atom stereocenters. The molecule has 0 bridgehead atoms. The van der Waals surface area contributed by atoms with Crippen LogP contribution in [0.2, 0.25) is 0 Å². The van der Waals surface area contributed by atoms with Gasteiger partial charge in [-0.15, -0.1) is 0 Å². The molecule has 186 valence electrons. The van der Waals surface area contributed by atoms with Crippen molar-refractivity contribution in [2.45, 2.75) is 25.3 Å². The number of rotatable bonds is 8. The molecule has 0 radical (unpaired) electrons. The minimum atomic E-state index is -0.182. The zero-order chi connectivity index (χ0) is 24.9. The lowest BCUT2D eigenvalue weighted by Crippen LogP contribution is -2.43. The number of likely N-dealkylation sites (tertiary alicyclic amines) is 1. The van der Waals surface area contributed by atoms with Gasteiger partial charge in [0.05, 0.1) is 26.0 Å². The summed E-state index contributed by atoms with van der Waals surface area (Å²) in [4.78, 5) is 23.0. The van der Waals surface area contributed by atoms with Crippen LogP contribution in [-0.2, 0) is 9.53 Å². The van der Waals surface area contributed by atoms with Crippen LogP contribution < -0.4 is 10.1 Å². The van der Waals surface area contributed by atoms with Gasteiger partial charge in [0, 0.05) is 30.3 Å². The molecule has 1 N–H and O–H groups in total. The van der Waals surface area contributed by atoms with E-state index in [1.807, 2.05) is 54.6 Å². The average Bonchev–Trinajstić information content (AvgIpc) is 3.33. The number of furan rings is 1. The molecule has 0 spiro atoms. The number of hydrogen-bond donors (Lipinski definition) is 1. The van der Waals surface area contributed by atoms with Gasteiger partial charge >= 0.3 is 5.97 Å². The molecule has 1 saturated heterocycles. The number of esters is 1. The maximum atomic E-state index is 11.6. The van der Waals surface area contributed by atoms with Crippen LogP contribution in [0.5, 0.6) is 5.75 Å². The summed E-state index contributed by atoms with van der Waals surface area (Å²) < 4.78 is 16.5. The number of ether oxygens (including phenoxy) is 2. The number of anilines is 1. The quantitative estimate of drug-likeness (QED) is 0.348. The maximum Gasteiger partial charge on any atom is 0.306 e. The van der Waals surface area contributed by atoms with Gasteiger partial charge in [-0.05, 0) is 37.1 Å². The Labute approximate surface area is 210 Å². The predicted molar refractivity (Wildman–Crippen MR) is 139 cm³/mol. The fourth-order valence-corrected chi connectivity index (χ4v) is 4.79. The number of methoxy groups -OCH3 is 2. The van der Waals surface area contributed by atoms with Gasteiger partial charge in [-0.2, -0.15) is 0 Å². The summed E-state index contributed by atoms with van der Waals surface area (Å²) in [5, 5.41) is 4.51. The van der Waals surface area contributed by atoms with Crippen LogP contribution in [0.15, 0.2) is 65.3 Å². The summed E-state index contributed by atoms with van der Waals surface area (Å²) in [5.41, 5.74) is 3.45. The molecule has 3 heterocycles. The van der Waals surface area contributed by atoms with Crippen LogP contribution in [0, 0.1) is 0 Å². The molecule has 2 aromatic heterocycles. The van der Waals surface area contributed by atoms with Gasteiger partial charge in [0.1, 0.15) is 23.7 Å². The number of piperidine rings is 1. The molecule has 0 aliphatic carbocycles. The Morgan fingerprint density at radius 3 is 2.64 bits per heavy atom. The SMILES string of the molecule is COC(=O)CCN1CCCC(Nc2ncnc3oc(-c4ccccc4)c(-c4ccc(OC)cc4)c23)C1. The predicted octanol–water partition coefficient (Wildman–Crippen LogP) is 5.00. The lowest BCUT2D eigenvalue weighted by Gasteiger charge is -2.33. The summed E-state index contributed by atoms with van der Waals surface area (Å²) in [6.07, 6.45) is 3.99. The van der Waals surface area contributed by atoms with Gasteiger partial charge in [0.2, 0.25) is 5.71 Å². The van der Waals surface area contributed by atoms with E-state index in [0.717, 1.165) is 65.3 Å². The molecule has 8 heteroatoms. The van der Waals surface area contributed by atoms with Crippen LogP contribution in [0.3, 0.4) is 0 Å². The van der Waals surface area contributed by atoms with Crippen LogP contribution in [0.4, 0.5) is 5.82 Å². The lowest BCUT2D eigenvalue weighted by molar-refractivity contribution is -0.141. The summed E-state index contributed by atoms with van der Waals surface area (Å²) in [7, 11) is 3.09. The van der Waals surface area contributed by atoms with Crippen molar-refractivity contribution in [3.05, 3.63) is 60.9 Å². The average molecular weight is 487 g/mol. The van der Waals surface area contributed by atoms with E-state index >= 15 is 0 Å². The Balaban J connectivity index is 1.52. The highest BCUT2D eigenvalue weighted by atomic mass is 16.5. The van der Waals surface area contributed by atoms with Crippen molar-refractivity contribution < 1.29 is 18.7 Å². The molecule has 2 aromatic carbocycles. The number of carbonyl (C=O) groups is 1. The second-order valence-electron chi connectivity index (χ2n) is 8.91. The highest BCUT2D eigenvalue weighted by molar-refractivity contribution is 6.05. The van der Waals surface area contributed by atoms with Crippen LogP contribution >= 0.6 is 0 Å². The van der Waals surface area contributed by atoms with Crippen molar-refractivity contribution >= 4 is 22.9 Å². The van der Waals surface area contributed by atoms with E-state index < -0.39 is 0 Å². The van der Waals surface area contributed by atoms with E-state index in [2.05, 4.69) is 20.2 Å². The number of carbonyl (C=O) groups excluding carboxylic acids is 1. The molecule has 0 saturated carbocycles. The number of nitrogens with one attached hydrogen (secondary N) is 1. The fourth-order valence-electron chi connectivity index (χ4n) is 4.79. The molecule has 1 fully saturated rings. The van der Waals surface area contributed by atoms with Gasteiger partial charge in [-0.25, -0.2) is 9.97 Å². The molecule has 1 atom stereocenters. The number of nitrogens with zero attached hydrogens (tertiary/aromatic N) is 3. The van der Waals surface area contributed by atoms with Gasteiger partial charge in [-0.3, -0.25) is 4.79 Å². The van der Waals surface area contributed by atoms with E-state index in [1.54, 1.807) is 13.4 Å². The van der Waals surface area contributed by atoms with Crippen LogP contribution in [0.25, 0.3) is 33.6 Å². The number of hydrogen-bond acceptors (Lipinski definition) is 8. The van der Waals surface area contributed by atoms with Crippen molar-refractivity contribution in [1.29, 1.82) is 0 Å². The van der Waals surface area contributed by atoms with Crippen LogP contribution in [0.1, 0.15) is 19.3 Å². The third kappa shape index (κ3) is 5.04. The van der Waals surface area contributed by atoms with Gasteiger partial charge in [0.15, 0.2) is 0 Å². The smallest absolute Gasteiger partial charge is 0.306 e. The molecule has 0 amide bonds. The Morgan fingerprint density at radius 1 is 1.08 bits per heavy atom. The van der Waals surface area contributed by atoms with Gasteiger partial charge < -0.3 is 24.1 Å². The van der Waals surface area contributed by atoms with E-state index in [4.69, 9.17) is 13.9 Å². The molecular weight excluding hydrogens is 456 g/mol. The molecule has 1 aliphatic heterocycles. The Hall–Kier alpha value is -3.91. The van der Waals surface area contributed by atoms with Gasteiger partial charge in [0.25, 0.3) is 0 Å². The largest absolute Gasteiger partial charge is 0.497 e. The summed E-state index contributed by atoms with van der Waals surface area (Å²) >= 11 is 0. The van der Waals surface area contributed by atoms with E-state index in [-0.39, 0.29) is 12.0 Å². The van der Waals surface area contributed by atoms with E-state index in [0.29, 0.717) is 18.7 Å². The first-order valence-electron chi connectivity index (χ1n) is 12.2. The third-order valence-corrected chi connectivity index (χ3v) is 6.61. The number of benzene rings is 2. The lowest BCUT2D eigenvalue weighted by atomic mass is 9.98. The summed E-state index contributed by atoms with van der Waals surface area (Å²) in [6.45, 7) is 2.48. The highest BCUT2D eigenvalue weighted by Crippen LogP contribution is 2.43. The zero-order valence-electron chi connectivity index (χ0n) is 20.6. The normalized spacial score (nSPS) is 16.1. The van der Waals surface area contributed by atoms with Crippen LogP contribution in [-0.4, -0.2) is 60.7 Å². The molecule has 4 aromatic rings. The monoisotopic (exact) mass is 486 g/mol. The summed E-state index contributed by atoms with van der Waals surface area (Å²) in [6, 6.07) is 18.2. The molecule has 5 rings (SSSR count). The second-order valence-corrected chi connectivity index (χ2v) is 8.91. The first-order chi connectivity index (χ1) is 17.7. The Morgan fingerprint density at radius 2 is 1.89 bits per heavy atom. The first kappa shape index (κ1) is 23.8. The summed E-state index contributed by atoms with van der Waals surface area (Å²) in [5.74, 6) is 2.11. The molecule has 8 nitrogen and oxygen atoms in total. The molecular formula is C28H30N4O4. The van der Waals surface area contributed by atoms with Crippen molar-refractivity contribution in [1.82, 2.24) is 14.9 Å². The first-order valence-corrected chi connectivity index (χ1v) is 12.2. The molecule has 36 heavy (non-hydrogen) atoms. The maximum absolute atomic E-state index is 11.6. The number of fused-ring (bicyclic) bond motifs is 1. The highest BCUT2D eigenvalue weighted by Gasteiger charge is 2.25.